The molecule has 0 radical (unpaired) electrons. The zero-order chi connectivity index (χ0) is 17.9. The number of phenolic OH excluding ortho intramolecular Hbond substituents is 1. The summed E-state index contributed by atoms with van der Waals surface area (Å²) in [5.74, 6) is 1.14. The van der Waals surface area contributed by atoms with Crippen molar-refractivity contribution >= 4 is 6.08 Å². The van der Waals surface area contributed by atoms with Crippen molar-refractivity contribution in [1.29, 1.82) is 0 Å². The molecule has 0 saturated carbocycles. The Morgan fingerprint density at radius 1 is 0.885 bits per heavy atom. The fourth-order valence-corrected chi connectivity index (χ4v) is 4.28. The third-order valence-electron chi connectivity index (χ3n) is 5.47. The highest BCUT2D eigenvalue weighted by Crippen LogP contribution is 2.46. The Labute approximate surface area is 155 Å². The molecule has 130 valence electrons. The maximum atomic E-state index is 9.92. The molecule has 0 saturated heterocycles. The van der Waals surface area contributed by atoms with Gasteiger partial charge in [-0.25, -0.2) is 0 Å². The smallest absolute Gasteiger partial charge is 0.115 e. The Balaban J connectivity index is 1.82. The number of phenols is 1. The summed E-state index contributed by atoms with van der Waals surface area (Å²) in [5, 5.41) is 9.92. The summed E-state index contributed by atoms with van der Waals surface area (Å²) in [7, 11) is 0. The van der Waals surface area contributed by atoms with Crippen LogP contribution < -0.4 is 0 Å². The van der Waals surface area contributed by atoms with Gasteiger partial charge in [-0.1, -0.05) is 72.8 Å². The van der Waals surface area contributed by atoms with Gasteiger partial charge >= 0.3 is 0 Å². The Kier molecular flexibility index (Phi) is 4.62. The van der Waals surface area contributed by atoms with E-state index in [2.05, 4.69) is 72.8 Å². The van der Waals surface area contributed by atoms with Crippen LogP contribution in [0.15, 0.2) is 78.9 Å². The second-order valence-electron chi connectivity index (χ2n) is 7.08. The molecule has 0 aliphatic heterocycles. The van der Waals surface area contributed by atoms with Gasteiger partial charge in [-0.3, -0.25) is 0 Å². The van der Waals surface area contributed by atoms with Gasteiger partial charge in [-0.15, -0.1) is 0 Å². The maximum absolute atomic E-state index is 9.92. The summed E-state index contributed by atoms with van der Waals surface area (Å²) in [5.41, 5.74) is 6.60. The Morgan fingerprint density at radius 3 is 2.38 bits per heavy atom. The minimum atomic E-state index is 0.321. The molecule has 3 aromatic carbocycles. The van der Waals surface area contributed by atoms with Crippen LogP contribution in [-0.2, 0) is 6.42 Å². The van der Waals surface area contributed by atoms with E-state index in [0.29, 0.717) is 17.6 Å². The number of aromatic hydroxyl groups is 1. The normalized spacial score (nSPS) is 19.4. The standard InChI is InChI=1S/C25H24O/c1-2-6-18-9-11-20(12-10-18)25-23(19-7-4-3-5-8-19)15-13-21-17-22(26)14-16-24(21)25/h2-12,14,16-17,23,25-26H,13,15H2,1H3/b6-2+/t23-,25+/m1/s1. The molecule has 0 aromatic heterocycles. The van der Waals surface area contributed by atoms with Crippen LogP contribution in [0.5, 0.6) is 5.75 Å². The van der Waals surface area contributed by atoms with Crippen LogP contribution in [0.4, 0.5) is 0 Å². The molecule has 0 heterocycles. The van der Waals surface area contributed by atoms with Crippen LogP contribution in [0.1, 0.15) is 53.0 Å². The van der Waals surface area contributed by atoms with E-state index in [1.165, 1.54) is 27.8 Å². The molecule has 3 aromatic rings. The van der Waals surface area contributed by atoms with E-state index in [0.717, 1.165) is 12.8 Å². The van der Waals surface area contributed by atoms with E-state index < -0.39 is 0 Å². The molecule has 1 N–H and O–H groups in total. The zero-order valence-corrected chi connectivity index (χ0v) is 15.1. The fourth-order valence-electron chi connectivity index (χ4n) is 4.28. The number of rotatable bonds is 3. The summed E-state index contributed by atoms with van der Waals surface area (Å²) in [4.78, 5) is 0. The van der Waals surface area contributed by atoms with Gasteiger partial charge in [0.2, 0.25) is 0 Å². The highest BCUT2D eigenvalue weighted by molar-refractivity contribution is 5.52. The van der Waals surface area contributed by atoms with Crippen LogP contribution in [0.25, 0.3) is 6.08 Å². The van der Waals surface area contributed by atoms with Crippen molar-refractivity contribution in [2.24, 2.45) is 0 Å². The highest BCUT2D eigenvalue weighted by Gasteiger charge is 2.31. The summed E-state index contributed by atoms with van der Waals surface area (Å²) in [6.07, 6.45) is 6.31. The fraction of sp³-hybridized carbons (Fsp3) is 0.200. The first-order valence-corrected chi connectivity index (χ1v) is 9.35. The molecule has 1 aliphatic rings. The lowest BCUT2D eigenvalue weighted by molar-refractivity contribution is 0.469. The number of fused-ring (bicyclic) bond motifs is 1. The Morgan fingerprint density at radius 2 is 1.65 bits per heavy atom. The molecule has 0 spiro atoms. The molecule has 2 atom stereocenters. The molecule has 0 fully saturated rings. The zero-order valence-electron chi connectivity index (χ0n) is 15.1. The van der Waals surface area contributed by atoms with Crippen molar-refractivity contribution in [3.63, 3.8) is 0 Å². The molecule has 26 heavy (non-hydrogen) atoms. The molecule has 0 bridgehead atoms. The minimum absolute atomic E-state index is 0.321. The van der Waals surface area contributed by atoms with Crippen LogP contribution in [0, 0.1) is 0 Å². The SMILES string of the molecule is C/C=C/c1ccc([C@@H]2c3ccc(O)cc3CC[C@@H]2c2ccccc2)cc1. The largest absolute Gasteiger partial charge is 0.508 e. The number of aryl methyl sites for hydroxylation is 1. The van der Waals surface area contributed by atoms with E-state index in [1.807, 2.05) is 19.1 Å². The van der Waals surface area contributed by atoms with E-state index in [1.54, 1.807) is 0 Å². The average Bonchev–Trinajstić information content (AvgIpc) is 2.68. The van der Waals surface area contributed by atoms with E-state index in [-0.39, 0.29) is 0 Å². The predicted molar refractivity (Wildman–Crippen MR) is 109 cm³/mol. The third-order valence-corrected chi connectivity index (χ3v) is 5.47. The van der Waals surface area contributed by atoms with Crippen molar-refractivity contribution in [1.82, 2.24) is 0 Å². The van der Waals surface area contributed by atoms with Gasteiger partial charge < -0.3 is 5.11 Å². The molecule has 4 rings (SSSR count). The summed E-state index contributed by atoms with van der Waals surface area (Å²) >= 11 is 0. The second-order valence-corrected chi connectivity index (χ2v) is 7.08. The topological polar surface area (TPSA) is 20.2 Å². The van der Waals surface area contributed by atoms with Crippen molar-refractivity contribution in [2.75, 3.05) is 0 Å². The lowest BCUT2D eigenvalue weighted by atomic mass is 9.69. The lowest BCUT2D eigenvalue weighted by Crippen LogP contribution is -2.20. The molecule has 0 unspecified atom stereocenters. The quantitative estimate of drug-likeness (QED) is 0.594. The minimum Gasteiger partial charge on any atom is -0.508 e. The number of allylic oxidation sites excluding steroid dienone is 1. The van der Waals surface area contributed by atoms with Crippen LogP contribution in [0.2, 0.25) is 0 Å². The van der Waals surface area contributed by atoms with E-state index >= 15 is 0 Å². The van der Waals surface area contributed by atoms with Crippen LogP contribution in [0.3, 0.4) is 0 Å². The van der Waals surface area contributed by atoms with Gasteiger partial charge in [0, 0.05) is 5.92 Å². The van der Waals surface area contributed by atoms with E-state index in [9.17, 15) is 5.11 Å². The van der Waals surface area contributed by atoms with Crippen molar-refractivity contribution in [2.45, 2.75) is 31.6 Å². The van der Waals surface area contributed by atoms with Gasteiger partial charge in [-0.2, -0.15) is 0 Å². The average molecular weight is 340 g/mol. The van der Waals surface area contributed by atoms with Gasteiger partial charge in [0.25, 0.3) is 0 Å². The third kappa shape index (κ3) is 3.17. The first-order chi connectivity index (χ1) is 12.8. The van der Waals surface area contributed by atoms with Crippen molar-refractivity contribution < 1.29 is 5.11 Å². The summed E-state index contributed by atoms with van der Waals surface area (Å²) in [6, 6.07) is 25.7. The van der Waals surface area contributed by atoms with E-state index in [4.69, 9.17) is 0 Å². The predicted octanol–water partition coefficient (Wildman–Crippen LogP) is 6.29. The monoisotopic (exact) mass is 340 g/mol. The lowest BCUT2D eigenvalue weighted by Gasteiger charge is -2.34. The van der Waals surface area contributed by atoms with Gasteiger partial charge in [0.1, 0.15) is 5.75 Å². The van der Waals surface area contributed by atoms with Gasteiger partial charge in [0.05, 0.1) is 0 Å². The first-order valence-electron chi connectivity index (χ1n) is 9.35. The highest BCUT2D eigenvalue weighted by atomic mass is 16.3. The number of hydrogen-bond acceptors (Lipinski definition) is 1. The Bertz CT molecular complexity index is 907. The van der Waals surface area contributed by atoms with Crippen LogP contribution in [-0.4, -0.2) is 5.11 Å². The Hall–Kier alpha value is -2.80. The number of hydrogen-bond donors (Lipinski definition) is 1. The van der Waals surface area contributed by atoms with Gasteiger partial charge in [0.15, 0.2) is 0 Å². The molecular formula is C25H24O. The molecule has 1 nitrogen and oxygen atoms in total. The molecule has 1 aliphatic carbocycles. The van der Waals surface area contributed by atoms with Crippen LogP contribution >= 0.6 is 0 Å². The summed E-state index contributed by atoms with van der Waals surface area (Å²) < 4.78 is 0. The van der Waals surface area contributed by atoms with Gasteiger partial charge in [-0.05, 0) is 65.6 Å². The second kappa shape index (κ2) is 7.21. The summed E-state index contributed by atoms with van der Waals surface area (Å²) in [6.45, 7) is 2.04. The first kappa shape index (κ1) is 16.7. The number of benzene rings is 3. The maximum Gasteiger partial charge on any atom is 0.115 e. The molecule has 0 amide bonds. The molecule has 1 heteroatoms. The molecular weight excluding hydrogens is 316 g/mol. The van der Waals surface area contributed by atoms with Crippen molar-refractivity contribution in [3.8, 4) is 5.75 Å². The van der Waals surface area contributed by atoms with Crippen molar-refractivity contribution in [3.05, 3.63) is 107 Å².